The third-order valence-corrected chi connectivity index (χ3v) is 2.36. The van der Waals surface area contributed by atoms with Crippen LogP contribution in [-0.4, -0.2) is 37.9 Å². The lowest BCUT2D eigenvalue weighted by Crippen LogP contribution is -2.22. The molecular weight excluding hydrogens is 198 g/mol. The fraction of sp³-hybridized carbons (Fsp3) is 0.700. The molecule has 1 heterocycles. The van der Waals surface area contributed by atoms with E-state index < -0.39 is 5.97 Å². The zero-order valence-corrected chi connectivity index (χ0v) is 8.86. The molecule has 1 saturated heterocycles. The van der Waals surface area contributed by atoms with E-state index in [0.29, 0.717) is 5.92 Å². The van der Waals surface area contributed by atoms with Crippen molar-refractivity contribution in [1.82, 2.24) is 5.32 Å². The van der Waals surface area contributed by atoms with E-state index in [1.807, 2.05) is 0 Å². The van der Waals surface area contributed by atoms with Gasteiger partial charge >= 0.3 is 5.97 Å². The number of hydrogen-bond donors (Lipinski definition) is 2. The van der Waals surface area contributed by atoms with Crippen molar-refractivity contribution in [1.29, 1.82) is 0 Å². The summed E-state index contributed by atoms with van der Waals surface area (Å²) < 4.78 is 10.5. The molecule has 0 aromatic heterocycles. The highest BCUT2D eigenvalue weighted by Gasteiger charge is 2.18. The fourth-order valence-electron chi connectivity index (χ4n) is 1.56. The molecule has 0 atom stereocenters. The number of methoxy groups -OCH3 is 1. The van der Waals surface area contributed by atoms with Gasteiger partial charge in [-0.3, -0.25) is 4.79 Å². The summed E-state index contributed by atoms with van der Waals surface area (Å²) in [5, 5.41) is 11.2. The lowest BCUT2D eigenvalue weighted by atomic mass is 9.98. The Morgan fingerprint density at radius 2 is 2.27 bits per heavy atom. The van der Waals surface area contributed by atoms with Gasteiger partial charge in [-0.25, -0.2) is 0 Å². The summed E-state index contributed by atoms with van der Waals surface area (Å²) in [5.74, 6) is 0.262. The van der Waals surface area contributed by atoms with Crippen LogP contribution in [0.4, 0.5) is 0 Å². The number of carboxylic acids is 1. The molecular formula is C10H17NO4. The van der Waals surface area contributed by atoms with Gasteiger partial charge in [0.25, 0.3) is 0 Å². The average molecular weight is 215 g/mol. The molecule has 15 heavy (non-hydrogen) atoms. The molecule has 0 aliphatic carbocycles. The molecule has 0 saturated carbocycles. The second-order valence-corrected chi connectivity index (χ2v) is 3.41. The fourth-order valence-corrected chi connectivity index (χ4v) is 1.56. The molecule has 0 unspecified atom stereocenters. The van der Waals surface area contributed by atoms with Gasteiger partial charge in [0.1, 0.15) is 12.3 Å². The Balaban J connectivity index is 2.41. The van der Waals surface area contributed by atoms with Crippen LogP contribution in [0.1, 0.15) is 12.8 Å². The van der Waals surface area contributed by atoms with Gasteiger partial charge in [-0.15, -0.1) is 0 Å². The molecule has 5 nitrogen and oxygen atoms in total. The van der Waals surface area contributed by atoms with Gasteiger partial charge in [-0.1, -0.05) is 0 Å². The summed E-state index contributed by atoms with van der Waals surface area (Å²) >= 11 is 0. The quantitative estimate of drug-likeness (QED) is 0.656. The molecule has 1 rings (SSSR count). The molecule has 1 aliphatic heterocycles. The van der Waals surface area contributed by atoms with Crippen LogP contribution in [0.25, 0.3) is 0 Å². The lowest BCUT2D eigenvalue weighted by Gasteiger charge is -2.23. The highest BCUT2D eigenvalue weighted by Crippen LogP contribution is 2.22. The van der Waals surface area contributed by atoms with E-state index in [2.05, 4.69) is 5.32 Å². The van der Waals surface area contributed by atoms with Crippen molar-refractivity contribution >= 4 is 5.97 Å². The number of hydrogen-bond acceptors (Lipinski definition) is 4. The first kappa shape index (κ1) is 11.8. The summed E-state index contributed by atoms with van der Waals surface area (Å²) in [5.41, 5.74) is 0. The van der Waals surface area contributed by atoms with Gasteiger partial charge < -0.3 is 19.9 Å². The van der Waals surface area contributed by atoms with Crippen molar-refractivity contribution in [3.63, 3.8) is 0 Å². The van der Waals surface area contributed by atoms with Gasteiger partial charge in [0.2, 0.25) is 0 Å². The first-order valence-corrected chi connectivity index (χ1v) is 5.01. The Morgan fingerprint density at radius 3 is 2.80 bits per heavy atom. The standard InChI is InChI=1S/C10H17NO4/c1-14-9(6-11-7-10(12)13)8-2-4-15-5-3-8/h6,8,11H,2-5,7H2,1H3,(H,12,13). The predicted molar refractivity (Wildman–Crippen MR) is 54.3 cm³/mol. The maximum Gasteiger partial charge on any atom is 0.322 e. The average Bonchev–Trinajstić information content (AvgIpc) is 2.25. The molecule has 2 N–H and O–H groups in total. The van der Waals surface area contributed by atoms with E-state index >= 15 is 0 Å². The number of carboxylic acid groups (broad SMARTS) is 1. The maximum absolute atomic E-state index is 10.3. The minimum Gasteiger partial charge on any atom is -0.499 e. The summed E-state index contributed by atoms with van der Waals surface area (Å²) in [6, 6.07) is 0. The second kappa shape index (κ2) is 6.29. The van der Waals surface area contributed by atoms with Crippen molar-refractivity contribution < 1.29 is 19.4 Å². The van der Waals surface area contributed by atoms with E-state index in [9.17, 15) is 4.79 Å². The van der Waals surface area contributed by atoms with Gasteiger partial charge in [0, 0.05) is 25.3 Å². The van der Waals surface area contributed by atoms with E-state index in [-0.39, 0.29) is 6.54 Å². The Morgan fingerprint density at radius 1 is 1.60 bits per heavy atom. The van der Waals surface area contributed by atoms with Crippen LogP contribution >= 0.6 is 0 Å². The normalized spacial score (nSPS) is 18.6. The molecule has 1 fully saturated rings. The van der Waals surface area contributed by atoms with Gasteiger partial charge in [0.15, 0.2) is 0 Å². The molecule has 5 heteroatoms. The number of nitrogens with one attached hydrogen (secondary N) is 1. The van der Waals surface area contributed by atoms with Crippen molar-refractivity contribution in [2.24, 2.45) is 5.92 Å². The second-order valence-electron chi connectivity index (χ2n) is 3.41. The van der Waals surface area contributed by atoms with E-state index in [4.69, 9.17) is 14.6 Å². The first-order valence-electron chi connectivity index (χ1n) is 5.01. The molecule has 0 spiro atoms. The minimum absolute atomic E-state index is 0.0872. The maximum atomic E-state index is 10.3. The minimum atomic E-state index is -0.881. The van der Waals surface area contributed by atoms with Crippen LogP contribution in [0.5, 0.6) is 0 Å². The van der Waals surface area contributed by atoms with Gasteiger partial charge in [-0.2, -0.15) is 0 Å². The molecule has 0 aromatic rings. The van der Waals surface area contributed by atoms with Crippen LogP contribution in [0.3, 0.4) is 0 Å². The summed E-state index contributed by atoms with van der Waals surface area (Å²) in [6.45, 7) is 1.39. The molecule has 86 valence electrons. The number of rotatable bonds is 5. The molecule has 0 aromatic carbocycles. The topological polar surface area (TPSA) is 67.8 Å². The monoisotopic (exact) mass is 215 g/mol. The van der Waals surface area contributed by atoms with Crippen molar-refractivity contribution in [3.05, 3.63) is 12.0 Å². The zero-order chi connectivity index (χ0) is 11.1. The highest BCUT2D eigenvalue weighted by atomic mass is 16.5. The van der Waals surface area contributed by atoms with Crippen molar-refractivity contribution in [3.8, 4) is 0 Å². The molecule has 0 amide bonds. The van der Waals surface area contributed by atoms with Crippen LogP contribution < -0.4 is 5.32 Å². The van der Waals surface area contributed by atoms with Crippen molar-refractivity contribution in [2.45, 2.75) is 12.8 Å². The smallest absolute Gasteiger partial charge is 0.322 e. The third-order valence-electron chi connectivity index (χ3n) is 2.36. The van der Waals surface area contributed by atoms with E-state index in [1.54, 1.807) is 13.3 Å². The Bertz CT molecular complexity index is 234. The number of ether oxygens (including phenoxy) is 2. The van der Waals surface area contributed by atoms with Crippen molar-refractivity contribution in [2.75, 3.05) is 26.9 Å². The van der Waals surface area contributed by atoms with Crippen LogP contribution in [0.15, 0.2) is 12.0 Å². The molecule has 0 bridgehead atoms. The van der Waals surface area contributed by atoms with Crippen LogP contribution in [0, 0.1) is 5.92 Å². The predicted octanol–water partition coefficient (Wildman–Crippen LogP) is 0.575. The molecule has 0 radical (unpaired) electrons. The first-order chi connectivity index (χ1) is 7.24. The Kier molecular flexibility index (Phi) is 4.97. The van der Waals surface area contributed by atoms with E-state index in [0.717, 1.165) is 31.8 Å². The number of aliphatic carboxylic acids is 1. The Labute approximate surface area is 89.1 Å². The SMILES string of the molecule is COC(=CNCC(=O)O)C1CCOCC1. The third kappa shape index (κ3) is 4.20. The van der Waals surface area contributed by atoms with Crippen LogP contribution in [0.2, 0.25) is 0 Å². The summed E-state index contributed by atoms with van der Waals surface area (Å²) in [6.07, 6.45) is 3.49. The lowest BCUT2D eigenvalue weighted by molar-refractivity contribution is -0.135. The Hall–Kier alpha value is -1.23. The summed E-state index contributed by atoms with van der Waals surface area (Å²) in [4.78, 5) is 10.3. The zero-order valence-electron chi connectivity index (χ0n) is 8.86. The molecule has 1 aliphatic rings. The number of allylic oxidation sites excluding steroid dienone is 1. The van der Waals surface area contributed by atoms with Gasteiger partial charge in [0.05, 0.1) is 7.11 Å². The van der Waals surface area contributed by atoms with Crippen LogP contribution in [-0.2, 0) is 14.3 Å². The number of carbonyl (C=O) groups is 1. The highest BCUT2D eigenvalue weighted by molar-refractivity contribution is 5.69. The van der Waals surface area contributed by atoms with Gasteiger partial charge in [-0.05, 0) is 12.8 Å². The van der Waals surface area contributed by atoms with E-state index in [1.165, 1.54) is 0 Å². The largest absolute Gasteiger partial charge is 0.499 e. The summed E-state index contributed by atoms with van der Waals surface area (Å²) in [7, 11) is 1.60.